The Labute approximate surface area is 195 Å². The summed E-state index contributed by atoms with van der Waals surface area (Å²) in [7, 11) is -2.32. The molecular weight excluding hydrogens is 442 g/mol. The molecular formula is C24H31N3O5S. The number of nitrogens with zero attached hydrogens (tertiary/aromatic N) is 1. The lowest BCUT2D eigenvalue weighted by Gasteiger charge is -2.21. The van der Waals surface area contributed by atoms with E-state index in [-0.39, 0.29) is 22.1 Å². The van der Waals surface area contributed by atoms with E-state index in [1.807, 2.05) is 6.92 Å². The van der Waals surface area contributed by atoms with Gasteiger partial charge in [0.05, 0.1) is 28.8 Å². The number of carbonyl (C=O) groups excluding carboxylic acids is 2. The van der Waals surface area contributed by atoms with Gasteiger partial charge in [0.25, 0.3) is 11.8 Å². The van der Waals surface area contributed by atoms with Crippen LogP contribution in [0.3, 0.4) is 0 Å². The maximum Gasteiger partial charge on any atom is 0.259 e. The van der Waals surface area contributed by atoms with Crippen LogP contribution in [0.5, 0.6) is 5.75 Å². The number of anilines is 1. The maximum atomic E-state index is 13.2. The number of hydrogen-bond donors (Lipinski definition) is 2. The number of sulfonamides is 1. The van der Waals surface area contributed by atoms with E-state index in [2.05, 4.69) is 10.6 Å². The van der Waals surface area contributed by atoms with Crippen molar-refractivity contribution in [1.82, 2.24) is 9.62 Å². The Morgan fingerprint density at radius 1 is 0.970 bits per heavy atom. The first kappa shape index (κ1) is 24.7. The number of benzene rings is 2. The maximum absolute atomic E-state index is 13.2. The number of rotatable bonds is 8. The van der Waals surface area contributed by atoms with Crippen molar-refractivity contribution in [2.24, 2.45) is 0 Å². The third-order valence-electron chi connectivity index (χ3n) is 5.57. The first-order valence-corrected chi connectivity index (χ1v) is 12.7. The number of carbonyl (C=O) groups is 2. The highest BCUT2D eigenvalue weighted by atomic mass is 32.2. The molecule has 0 atom stereocenters. The molecule has 8 nitrogen and oxygen atoms in total. The minimum atomic E-state index is -3.74. The molecule has 33 heavy (non-hydrogen) atoms. The van der Waals surface area contributed by atoms with Gasteiger partial charge in [-0.25, -0.2) is 8.42 Å². The molecule has 1 heterocycles. The van der Waals surface area contributed by atoms with Gasteiger partial charge in [0.1, 0.15) is 5.75 Å². The van der Waals surface area contributed by atoms with Crippen molar-refractivity contribution in [3.05, 3.63) is 53.6 Å². The summed E-state index contributed by atoms with van der Waals surface area (Å²) in [6, 6.07) is 11.0. The number of para-hydroxylation sites is 1. The molecule has 2 amide bonds. The van der Waals surface area contributed by atoms with Crippen molar-refractivity contribution >= 4 is 27.5 Å². The van der Waals surface area contributed by atoms with Crippen molar-refractivity contribution in [2.75, 3.05) is 32.1 Å². The number of ether oxygens (including phenoxy) is 1. The molecule has 2 aromatic rings. The second-order valence-electron chi connectivity index (χ2n) is 7.94. The fraction of sp³-hybridized carbons (Fsp3) is 0.417. The van der Waals surface area contributed by atoms with Crippen LogP contribution in [0.15, 0.2) is 47.4 Å². The molecule has 0 radical (unpaired) electrons. The van der Waals surface area contributed by atoms with Gasteiger partial charge >= 0.3 is 0 Å². The Morgan fingerprint density at radius 2 is 1.67 bits per heavy atom. The van der Waals surface area contributed by atoms with Gasteiger partial charge in [0.15, 0.2) is 0 Å². The van der Waals surface area contributed by atoms with Crippen molar-refractivity contribution in [3.63, 3.8) is 0 Å². The standard InChI is InChI=1S/C24H31N3O5S/c1-3-14-25-23(28)19-10-6-7-11-21(19)26-24(29)20-17-18(12-13-22(20)32-2)33(30,31)27-15-8-4-5-9-16-27/h6-7,10-13,17H,3-5,8-9,14-16H2,1-2H3,(H,25,28)(H,26,29). The van der Waals surface area contributed by atoms with Crippen LogP contribution in [-0.2, 0) is 10.0 Å². The highest BCUT2D eigenvalue weighted by molar-refractivity contribution is 7.89. The molecule has 0 unspecified atom stereocenters. The Morgan fingerprint density at radius 3 is 2.33 bits per heavy atom. The second kappa shape index (κ2) is 11.3. The minimum Gasteiger partial charge on any atom is -0.496 e. The van der Waals surface area contributed by atoms with Crippen LogP contribution in [0.1, 0.15) is 59.7 Å². The normalized spacial score (nSPS) is 14.8. The van der Waals surface area contributed by atoms with Gasteiger partial charge in [0, 0.05) is 19.6 Å². The average molecular weight is 474 g/mol. The molecule has 0 aromatic heterocycles. The van der Waals surface area contributed by atoms with Crippen LogP contribution in [0.4, 0.5) is 5.69 Å². The van der Waals surface area contributed by atoms with Gasteiger partial charge in [-0.15, -0.1) is 0 Å². The largest absolute Gasteiger partial charge is 0.496 e. The molecule has 0 aliphatic carbocycles. The second-order valence-corrected chi connectivity index (χ2v) is 9.87. The summed E-state index contributed by atoms with van der Waals surface area (Å²) >= 11 is 0. The average Bonchev–Trinajstić information content (AvgIpc) is 3.12. The molecule has 1 saturated heterocycles. The molecule has 0 spiro atoms. The number of hydrogen-bond acceptors (Lipinski definition) is 5. The highest BCUT2D eigenvalue weighted by Crippen LogP contribution is 2.27. The van der Waals surface area contributed by atoms with Crippen LogP contribution >= 0.6 is 0 Å². The fourth-order valence-corrected chi connectivity index (χ4v) is 5.31. The van der Waals surface area contributed by atoms with E-state index in [9.17, 15) is 18.0 Å². The first-order chi connectivity index (χ1) is 15.9. The summed E-state index contributed by atoms with van der Waals surface area (Å²) in [5.41, 5.74) is 0.739. The topological polar surface area (TPSA) is 105 Å². The van der Waals surface area contributed by atoms with Crippen LogP contribution in [0, 0.1) is 0 Å². The third kappa shape index (κ3) is 5.91. The predicted octanol–water partition coefficient (Wildman–Crippen LogP) is 3.65. The highest BCUT2D eigenvalue weighted by Gasteiger charge is 2.27. The number of methoxy groups -OCH3 is 1. The van der Waals surface area contributed by atoms with Gasteiger partial charge in [-0.05, 0) is 49.6 Å². The number of amides is 2. The van der Waals surface area contributed by atoms with Crippen molar-refractivity contribution in [2.45, 2.75) is 43.9 Å². The van der Waals surface area contributed by atoms with E-state index in [1.54, 1.807) is 24.3 Å². The lowest BCUT2D eigenvalue weighted by Crippen LogP contribution is -2.32. The van der Waals surface area contributed by atoms with Gasteiger partial charge in [0.2, 0.25) is 10.0 Å². The van der Waals surface area contributed by atoms with Crippen LogP contribution in [-0.4, -0.2) is 51.3 Å². The van der Waals surface area contributed by atoms with Crippen LogP contribution in [0.25, 0.3) is 0 Å². The van der Waals surface area contributed by atoms with Gasteiger partial charge in [-0.3, -0.25) is 9.59 Å². The Balaban J connectivity index is 1.90. The predicted molar refractivity (Wildman–Crippen MR) is 127 cm³/mol. The lowest BCUT2D eigenvalue weighted by molar-refractivity contribution is 0.0954. The smallest absolute Gasteiger partial charge is 0.259 e. The van der Waals surface area contributed by atoms with E-state index in [1.165, 1.54) is 29.6 Å². The third-order valence-corrected chi connectivity index (χ3v) is 7.47. The van der Waals surface area contributed by atoms with E-state index >= 15 is 0 Å². The number of nitrogens with one attached hydrogen (secondary N) is 2. The Kier molecular flexibility index (Phi) is 8.46. The Bertz CT molecular complexity index is 1090. The van der Waals surface area contributed by atoms with E-state index < -0.39 is 15.9 Å². The van der Waals surface area contributed by atoms with E-state index in [0.29, 0.717) is 30.9 Å². The molecule has 178 valence electrons. The molecule has 2 N–H and O–H groups in total. The van der Waals surface area contributed by atoms with E-state index in [4.69, 9.17) is 4.74 Å². The van der Waals surface area contributed by atoms with Gasteiger partial charge in [-0.2, -0.15) is 4.31 Å². The molecule has 1 fully saturated rings. The summed E-state index contributed by atoms with van der Waals surface area (Å²) in [6.07, 6.45) is 4.44. The zero-order valence-corrected chi connectivity index (χ0v) is 19.9. The fourth-order valence-electron chi connectivity index (χ4n) is 3.77. The molecule has 1 aliphatic rings. The molecule has 0 bridgehead atoms. The summed E-state index contributed by atoms with van der Waals surface area (Å²) in [5, 5.41) is 5.53. The molecule has 1 aliphatic heterocycles. The van der Waals surface area contributed by atoms with E-state index in [0.717, 1.165) is 32.1 Å². The zero-order valence-electron chi connectivity index (χ0n) is 19.1. The quantitative estimate of drug-likeness (QED) is 0.609. The molecule has 0 saturated carbocycles. The minimum absolute atomic E-state index is 0.0457. The van der Waals surface area contributed by atoms with Crippen LogP contribution in [0.2, 0.25) is 0 Å². The van der Waals surface area contributed by atoms with Gasteiger partial charge < -0.3 is 15.4 Å². The monoisotopic (exact) mass is 473 g/mol. The SMILES string of the molecule is CCCNC(=O)c1ccccc1NC(=O)c1cc(S(=O)(=O)N2CCCCCC2)ccc1OC. The van der Waals surface area contributed by atoms with Gasteiger partial charge in [-0.1, -0.05) is 31.9 Å². The van der Waals surface area contributed by atoms with Crippen molar-refractivity contribution in [3.8, 4) is 5.75 Å². The first-order valence-electron chi connectivity index (χ1n) is 11.2. The summed E-state index contributed by atoms with van der Waals surface area (Å²) in [4.78, 5) is 25.7. The van der Waals surface area contributed by atoms with Crippen LogP contribution < -0.4 is 15.4 Å². The molecule has 9 heteroatoms. The zero-order chi connectivity index (χ0) is 23.8. The molecule has 3 rings (SSSR count). The van der Waals surface area contributed by atoms with Crippen molar-refractivity contribution in [1.29, 1.82) is 0 Å². The van der Waals surface area contributed by atoms with Crippen molar-refractivity contribution < 1.29 is 22.7 Å². The summed E-state index contributed by atoms with van der Waals surface area (Å²) in [5.74, 6) is -0.608. The Hall–Kier alpha value is -2.91. The molecule has 2 aromatic carbocycles. The lowest BCUT2D eigenvalue weighted by atomic mass is 10.1. The summed E-state index contributed by atoms with van der Waals surface area (Å²) in [6.45, 7) is 3.41. The summed E-state index contributed by atoms with van der Waals surface area (Å²) < 4.78 is 33.2.